The van der Waals surface area contributed by atoms with Gasteiger partial charge in [0.05, 0.1) is 18.3 Å². The molecule has 3 heterocycles. The van der Waals surface area contributed by atoms with Crippen LogP contribution < -0.4 is 5.32 Å². The van der Waals surface area contributed by atoms with Crippen LogP contribution in [0.3, 0.4) is 0 Å². The standard InChI is InChI=1S/C17H20ClN3O2S/c18-17-15(6-1-7-19-17)20-16(22)12-21(10-13-4-2-8-23-13)11-14-5-3-9-24-14/h1,3,5-7,9,13H,2,4,8,10-12H2,(H,20,22)/t13-/m0/s1. The highest BCUT2D eigenvalue weighted by atomic mass is 35.5. The highest BCUT2D eigenvalue weighted by Crippen LogP contribution is 2.19. The van der Waals surface area contributed by atoms with E-state index in [2.05, 4.69) is 26.6 Å². The molecule has 7 heteroatoms. The number of aromatic nitrogens is 1. The predicted molar refractivity (Wildman–Crippen MR) is 96.4 cm³/mol. The summed E-state index contributed by atoms with van der Waals surface area (Å²) in [6.07, 6.45) is 3.95. The topological polar surface area (TPSA) is 54.5 Å². The second-order valence-corrected chi connectivity index (χ2v) is 7.16. The van der Waals surface area contributed by atoms with Gasteiger partial charge in [0.25, 0.3) is 0 Å². The minimum Gasteiger partial charge on any atom is -0.377 e. The fourth-order valence-electron chi connectivity index (χ4n) is 2.76. The van der Waals surface area contributed by atoms with Gasteiger partial charge in [0.1, 0.15) is 0 Å². The van der Waals surface area contributed by atoms with Crippen molar-refractivity contribution in [3.63, 3.8) is 0 Å². The number of nitrogens with one attached hydrogen (secondary N) is 1. The number of carbonyl (C=O) groups is 1. The molecule has 5 nitrogen and oxygen atoms in total. The van der Waals surface area contributed by atoms with Crippen molar-refractivity contribution < 1.29 is 9.53 Å². The molecule has 24 heavy (non-hydrogen) atoms. The van der Waals surface area contributed by atoms with Crippen LogP contribution in [-0.2, 0) is 16.1 Å². The summed E-state index contributed by atoms with van der Waals surface area (Å²) < 4.78 is 5.72. The lowest BCUT2D eigenvalue weighted by molar-refractivity contribution is -0.117. The summed E-state index contributed by atoms with van der Waals surface area (Å²) >= 11 is 7.70. The molecule has 0 aromatic carbocycles. The van der Waals surface area contributed by atoms with E-state index in [1.54, 1.807) is 29.7 Å². The van der Waals surface area contributed by atoms with Gasteiger partial charge < -0.3 is 10.1 Å². The minimum absolute atomic E-state index is 0.0977. The summed E-state index contributed by atoms with van der Waals surface area (Å²) in [5.74, 6) is -0.0977. The molecule has 2 aromatic rings. The first-order valence-corrected chi connectivity index (χ1v) is 9.23. The summed E-state index contributed by atoms with van der Waals surface area (Å²) in [5, 5.41) is 5.18. The van der Waals surface area contributed by atoms with Crippen LogP contribution in [0.1, 0.15) is 17.7 Å². The number of anilines is 1. The number of thiophene rings is 1. The molecule has 1 aliphatic heterocycles. The number of carbonyl (C=O) groups excluding carboxylic acids is 1. The Bertz CT molecular complexity index is 660. The molecule has 0 spiro atoms. The minimum atomic E-state index is -0.0977. The van der Waals surface area contributed by atoms with Gasteiger partial charge in [-0.2, -0.15) is 0 Å². The van der Waals surface area contributed by atoms with E-state index < -0.39 is 0 Å². The maximum atomic E-state index is 12.4. The number of hydrogen-bond donors (Lipinski definition) is 1. The number of hydrogen-bond acceptors (Lipinski definition) is 5. The number of halogens is 1. The highest BCUT2D eigenvalue weighted by Gasteiger charge is 2.21. The zero-order valence-corrected chi connectivity index (χ0v) is 14.9. The normalized spacial score (nSPS) is 17.3. The SMILES string of the molecule is O=C(CN(Cc1cccs1)C[C@@H]1CCCO1)Nc1cccnc1Cl. The van der Waals surface area contributed by atoms with Crippen LogP contribution in [0.15, 0.2) is 35.8 Å². The molecule has 0 saturated carbocycles. The van der Waals surface area contributed by atoms with Gasteiger partial charge in [0.15, 0.2) is 5.15 Å². The molecule has 0 radical (unpaired) electrons. The first kappa shape index (κ1) is 17.4. The van der Waals surface area contributed by atoms with Gasteiger partial charge >= 0.3 is 0 Å². The van der Waals surface area contributed by atoms with Crippen molar-refractivity contribution in [1.82, 2.24) is 9.88 Å². The zero-order chi connectivity index (χ0) is 16.8. The Morgan fingerprint density at radius 2 is 2.38 bits per heavy atom. The number of pyridine rings is 1. The first-order valence-electron chi connectivity index (χ1n) is 7.97. The number of ether oxygens (including phenoxy) is 1. The Balaban J connectivity index is 1.61. The van der Waals surface area contributed by atoms with Crippen molar-refractivity contribution in [2.45, 2.75) is 25.5 Å². The molecule has 2 aromatic heterocycles. The molecule has 3 rings (SSSR count). The number of nitrogens with zero attached hydrogens (tertiary/aromatic N) is 2. The largest absolute Gasteiger partial charge is 0.377 e. The molecular weight excluding hydrogens is 346 g/mol. The molecule has 1 saturated heterocycles. The van der Waals surface area contributed by atoms with Crippen molar-refractivity contribution in [2.24, 2.45) is 0 Å². The molecule has 1 atom stereocenters. The van der Waals surface area contributed by atoms with Crippen molar-refractivity contribution >= 4 is 34.5 Å². The predicted octanol–water partition coefficient (Wildman–Crippen LogP) is 3.42. The quantitative estimate of drug-likeness (QED) is 0.764. The number of rotatable bonds is 7. The Labute approximate surface area is 150 Å². The molecule has 0 aliphatic carbocycles. The highest BCUT2D eigenvalue weighted by molar-refractivity contribution is 7.09. The summed E-state index contributed by atoms with van der Waals surface area (Å²) in [5.41, 5.74) is 0.539. The van der Waals surface area contributed by atoms with Crippen LogP contribution >= 0.6 is 22.9 Å². The molecule has 0 bridgehead atoms. The van der Waals surface area contributed by atoms with E-state index in [0.717, 1.165) is 32.5 Å². The fraction of sp³-hybridized carbons (Fsp3) is 0.412. The van der Waals surface area contributed by atoms with Gasteiger partial charge in [-0.1, -0.05) is 17.7 Å². The average Bonchev–Trinajstić information content (AvgIpc) is 3.23. The lowest BCUT2D eigenvalue weighted by atomic mass is 10.2. The number of amides is 1. The maximum absolute atomic E-state index is 12.4. The Morgan fingerprint density at radius 1 is 1.46 bits per heavy atom. The lowest BCUT2D eigenvalue weighted by Crippen LogP contribution is -2.37. The Hall–Kier alpha value is -1.47. The van der Waals surface area contributed by atoms with Crippen LogP contribution in [-0.4, -0.2) is 41.6 Å². The maximum Gasteiger partial charge on any atom is 0.238 e. The zero-order valence-electron chi connectivity index (χ0n) is 13.3. The van der Waals surface area contributed by atoms with E-state index in [4.69, 9.17) is 16.3 Å². The molecule has 1 aliphatic rings. The van der Waals surface area contributed by atoms with Crippen LogP contribution in [0.2, 0.25) is 5.15 Å². The molecule has 128 valence electrons. The van der Waals surface area contributed by atoms with Crippen molar-refractivity contribution in [3.05, 3.63) is 45.9 Å². The third-order valence-electron chi connectivity index (χ3n) is 3.85. The average molecular weight is 366 g/mol. The van der Waals surface area contributed by atoms with E-state index in [9.17, 15) is 4.79 Å². The molecule has 1 fully saturated rings. The van der Waals surface area contributed by atoms with Crippen LogP contribution in [0.5, 0.6) is 0 Å². The third kappa shape index (κ3) is 5.01. The van der Waals surface area contributed by atoms with Crippen LogP contribution in [0.25, 0.3) is 0 Å². The molecule has 0 unspecified atom stereocenters. The van der Waals surface area contributed by atoms with E-state index in [1.807, 2.05) is 6.07 Å². The molecule has 1 amide bonds. The van der Waals surface area contributed by atoms with Gasteiger partial charge in [-0.15, -0.1) is 11.3 Å². The first-order chi connectivity index (χ1) is 11.7. The monoisotopic (exact) mass is 365 g/mol. The third-order valence-corrected chi connectivity index (χ3v) is 5.01. The second kappa shape index (κ2) is 8.58. The van der Waals surface area contributed by atoms with E-state index in [0.29, 0.717) is 17.4 Å². The van der Waals surface area contributed by atoms with Gasteiger partial charge in [-0.05, 0) is 36.4 Å². The van der Waals surface area contributed by atoms with Crippen LogP contribution in [0.4, 0.5) is 5.69 Å². The Morgan fingerprint density at radius 3 is 3.08 bits per heavy atom. The second-order valence-electron chi connectivity index (χ2n) is 5.77. The van der Waals surface area contributed by atoms with E-state index in [-0.39, 0.29) is 12.0 Å². The summed E-state index contributed by atoms with van der Waals surface area (Å²) in [6, 6.07) is 7.61. The smallest absolute Gasteiger partial charge is 0.238 e. The lowest BCUT2D eigenvalue weighted by Gasteiger charge is -2.24. The fourth-order valence-corrected chi connectivity index (χ4v) is 3.67. The van der Waals surface area contributed by atoms with Gasteiger partial charge in [0.2, 0.25) is 5.91 Å². The van der Waals surface area contributed by atoms with E-state index >= 15 is 0 Å². The molecular formula is C17H20ClN3O2S. The van der Waals surface area contributed by atoms with Gasteiger partial charge in [0, 0.05) is 30.8 Å². The Kier molecular flexibility index (Phi) is 6.20. The molecule has 1 N–H and O–H groups in total. The van der Waals surface area contributed by atoms with Crippen molar-refractivity contribution in [1.29, 1.82) is 0 Å². The summed E-state index contributed by atoms with van der Waals surface area (Å²) in [7, 11) is 0. The van der Waals surface area contributed by atoms with E-state index in [1.165, 1.54) is 4.88 Å². The van der Waals surface area contributed by atoms with Gasteiger partial charge in [-0.3, -0.25) is 9.69 Å². The van der Waals surface area contributed by atoms with Crippen LogP contribution in [0, 0.1) is 0 Å². The van der Waals surface area contributed by atoms with Crippen molar-refractivity contribution in [3.8, 4) is 0 Å². The summed E-state index contributed by atoms with van der Waals surface area (Å²) in [4.78, 5) is 19.7. The van der Waals surface area contributed by atoms with Crippen molar-refractivity contribution in [2.75, 3.05) is 25.0 Å². The summed E-state index contributed by atoms with van der Waals surface area (Å²) in [6.45, 7) is 2.61. The van der Waals surface area contributed by atoms with Gasteiger partial charge in [-0.25, -0.2) is 4.98 Å².